The second-order valence-electron chi connectivity index (χ2n) is 13.0. The van der Waals surface area contributed by atoms with E-state index in [0.717, 1.165) is 68.0 Å². The highest BCUT2D eigenvalue weighted by Gasteiger charge is 2.14. The molecule has 0 fully saturated rings. The van der Waals surface area contributed by atoms with Gasteiger partial charge in [0.25, 0.3) is 0 Å². The van der Waals surface area contributed by atoms with Gasteiger partial charge in [0.2, 0.25) is 5.43 Å². The molecule has 8 heteroatoms. The monoisotopic (exact) mass is 693 g/mol. The molecule has 0 spiro atoms. The Bertz CT molecular complexity index is 2140. The van der Waals surface area contributed by atoms with Gasteiger partial charge in [-0.2, -0.15) is 0 Å². The number of allylic oxidation sites excluding steroid dienone is 1. The van der Waals surface area contributed by atoms with Crippen LogP contribution in [0.25, 0.3) is 22.4 Å². The molecular formula is C44H47N5O3. The second kappa shape index (κ2) is 17.4. The number of ether oxygens (including phenoxy) is 1. The van der Waals surface area contributed by atoms with Gasteiger partial charge in [0.1, 0.15) is 18.1 Å². The molecule has 6 rings (SSSR count). The van der Waals surface area contributed by atoms with Crippen LogP contribution in [0.3, 0.4) is 0 Å². The van der Waals surface area contributed by atoms with Crippen LogP contribution in [0.2, 0.25) is 0 Å². The van der Waals surface area contributed by atoms with Crippen LogP contribution in [0.5, 0.6) is 11.5 Å². The van der Waals surface area contributed by atoms with E-state index < -0.39 is 0 Å². The summed E-state index contributed by atoms with van der Waals surface area (Å²) in [6, 6.07) is 39.5. The van der Waals surface area contributed by atoms with Gasteiger partial charge in [-0.3, -0.25) is 9.48 Å². The van der Waals surface area contributed by atoms with E-state index >= 15 is 0 Å². The number of rotatable bonds is 16. The highest BCUT2D eigenvalue weighted by molar-refractivity contribution is 5.98. The molecule has 0 atom stereocenters. The summed E-state index contributed by atoms with van der Waals surface area (Å²) in [5.74, 6) is 0.678. The van der Waals surface area contributed by atoms with Gasteiger partial charge >= 0.3 is 0 Å². The van der Waals surface area contributed by atoms with E-state index in [4.69, 9.17) is 4.74 Å². The molecule has 2 aromatic heterocycles. The number of pyridine rings is 1. The minimum atomic E-state index is -0.337. The fourth-order valence-electron chi connectivity index (χ4n) is 6.51. The summed E-state index contributed by atoms with van der Waals surface area (Å²) in [5, 5.41) is 18.7. The van der Waals surface area contributed by atoms with Crippen molar-refractivity contribution in [1.82, 2.24) is 19.6 Å². The summed E-state index contributed by atoms with van der Waals surface area (Å²) >= 11 is 0. The Balaban J connectivity index is 1.02. The maximum atomic E-state index is 11.6. The molecule has 0 aliphatic heterocycles. The van der Waals surface area contributed by atoms with Crippen molar-refractivity contribution in [1.29, 1.82) is 0 Å². The molecule has 2 heterocycles. The van der Waals surface area contributed by atoms with Gasteiger partial charge in [0, 0.05) is 43.7 Å². The molecule has 0 unspecified atom stereocenters. The van der Waals surface area contributed by atoms with Crippen molar-refractivity contribution in [3.8, 4) is 22.8 Å². The van der Waals surface area contributed by atoms with Gasteiger partial charge in [0.15, 0.2) is 5.75 Å². The lowest BCUT2D eigenvalue weighted by molar-refractivity contribution is 0.326. The molecule has 0 aliphatic rings. The van der Waals surface area contributed by atoms with Crippen molar-refractivity contribution >= 4 is 16.8 Å². The minimum absolute atomic E-state index is 0.168. The normalized spacial score (nSPS) is 11.7. The second-order valence-corrected chi connectivity index (χ2v) is 13.0. The van der Waals surface area contributed by atoms with Crippen LogP contribution in [0.1, 0.15) is 55.0 Å². The quantitative estimate of drug-likeness (QED) is 0.0806. The molecule has 0 amide bonds. The smallest absolute Gasteiger partial charge is 0.223 e. The number of benzene rings is 4. The van der Waals surface area contributed by atoms with Gasteiger partial charge in [-0.1, -0.05) is 97.1 Å². The number of likely N-dealkylation sites (N-methyl/N-ethyl adjacent to an activating group) is 1. The molecule has 8 nitrogen and oxygen atoms in total. The van der Waals surface area contributed by atoms with E-state index in [-0.39, 0.29) is 11.2 Å². The highest BCUT2D eigenvalue weighted by atomic mass is 16.5. The molecule has 0 aliphatic carbocycles. The van der Waals surface area contributed by atoms with Crippen LogP contribution in [-0.4, -0.2) is 44.9 Å². The summed E-state index contributed by atoms with van der Waals surface area (Å²) in [4.78, 5) is 13.8. The molecule has 1 N–H and O–H groups in total. The van der Waals surface area contributed by atoms with E-state index in [1.165, 1.54) is 33.9 Å². The predicted octanol–water partition coefficient (Wildman–Crippen LogP) is 8.88. The first-order valence-corrected chi connectivity index (χ1v) is 18.1. The Morgan fingerprint density at radius 2 is 1.50 bits per heavy atom. The van der Waals surface area contributed by atoms with Gasteiger partial charge in [0.05, 0.1) is 18.4 Å². The standard InChI is InChI=1S/C44H47N5O3/c1-4-40(34-15-8-5-9-16-34)43(35-17-10-6-11-18-35)36-21-23-39(24-22-36)52-30-29-47(3)38-20-14-19-37(31-38)41-32-49(46-45-41)27-13-7-12-26-48-28-25-42(50)44(51)33(48)2/h5-6,8-11,14-25,28,31-32,51H,4,7,12-13,26-27,29-30H2,1-3H3. The third kappa shape index (κ3) is 8.87. The predicted molar refractivity (Wildman–Crippen MR) is 211 cm³/mol. The van der Waals surface area contributed by atoms with Crippen LogP contribution >= 0.6 is 0 Å². The number of hydrogen-bond donors (Lipinski definition) is 1. The van der Waals surface area contributed by atoms with Crippen molar-refractivity contribution in [3.63, 3.8) is 0 Å². The van der Waals surface area contributed by atoms with Crippen LogP contribution < -0.4 is 15.1 Å². The van der Waals surface area contributed by atoms with Gasteiger partial charge < -0.3 is 19.3 Å². The fraction of sp³-hybridized carbons (Fsp3) is 0.250. The number of aryl methyl sites for hydroxylation is 2. The van der Waals surface area contributed by atoms with Crippen molar-refractivity contribution in [2.75, 3.05) is 25.1 Å². The van der Waals surface area contributed by atoms with Crippen molar-refractivity contribution in [2.45, 2.75) is 52.6 Å². The lowest BCUT2D eigenvalue weighted by Gasteiger charge is -2.20. The first kappa shape index (κ1) is 35.9. The van der Waals surface area contributed by atoms with Gasteiger partial charge in [-0.05, 0) is 84.7 Å². The van der Waals surface area contributed by atoms with Crippen molar-refractivity contribution < 1.29 is 9.84 Å². The van der Waals surface area contributed by atoms with Crippen LogP contribution in [0.4, 0.5) is 5.69 Å². The Labute approximate surface area is 306 Å². The summed E-state index contributed by atoms with van der Waals surface area (Å²) < 4.78 is 10.0. The Hall–Kier alpha value is -5.89. The molecule has 0 saturated carbocycles. The third-order valence-electron chi connectivity index (χ3n) is 9.50. The zero-order valence-electron chi connectivity index (χ0n) is 30.3. The zero-order valence-corrected chi connectivity index (χ0v) is 30.3. The molecular weight excluding hydrogens is 647 g/mol. The van der Waals surface area contributed by atoms with E-state index in [2.05, 4.69) is 138 Å². The molecule has 6 aromatic rings. The van der Waals surface area contributed by atoms with Crippen molar-refractivity contribution in [3.05, 3.63) is 160 Å². The van der Waals surface area contributed by atoms with E-state index in [9.17, 15) is 9.90 Å². The molecule has 0 saturated heterocycles. The summed E-state index contributed by atoms with van der Waals surface area (Å²) in [7, 11) is 2.07. The molecule has 52 heavy (non-hydrogen) atoms. The maximum absolute atomic E-state index is 11.6. The van der Waals surface area contributed by atoms with Crippen molar-refractivity contribution in [2.24, 2.45) is 0 Å². The Morgan fingerprint density at radius 1 is 0.808 bits per heavy atom. The number of hydrogen-bond acceptors (Lipinski definition) is 6. The highest BCUT2D eigenvalue weighted by Crippen LogP contribution is 2.35. The van der Waals surface area contributed by atoms with Gasteiger partial charge in [-0.25, -0.2) is 0 Å². The molecule has 0 bridgehead atoms. The summed E-state index contributed by atoms with van der Waals surface area (Å²) in [6.07, 6.45) is 7.55. The van der Waals surface area contributed by atoms with Crippen LogP contribution in [0, 0.1) is 6.92 Å². The number of anilines is 1. The minimum Gasteiger partial charge on any atom is -0.503 e. The lowest BCUT2D eigenvalue weighted by Crippen LogP contribution is -2.23. The fourth-order valence-corrected chi connectivity index (χ4v) is 6.51. The molecule has 266 valence electrons. The average Bonchev–Trinajstić information content (AvgIpc) is 3.67. The Morgan fingerprint density at radius 3 is 2.23 bits per heavy atom. The number of nitrogens with zero attached hydrogens (tertiary/aromatic N) is 5. The topological polar surface area (TPSA) is 85.4 Å². The average molecular weight is 694 g/mol. The largest absolute Gasteiger partial charge is 0.503 e. The SMILES string of the molecule is CCC(=C(c1ccccc1)c1ccc(OCCN(C)c2cccc(-c3cn(CCCCCn4ccc(=O)c(O)c4C)nn3)c2)cc1)c1ccccc1. The first-order chi connectivity index (χ1) is 25.4. The van der Waals surface area contributed by atoms with E-state index in [1.54, 1.807) is 13.1 Å². The van der Waals surface area contributed by atoms with Crippen LogP contribution in [0.15, 0.2) is 132 Å². The zero-order chi connectivity index (χ0) is 36.3. The lowest BCUT2D eigenvalue weighted by atomic mass is 9.88. The first-order valence-electron chi connectivity index (χ1n) is 18.1. The van der Waals surface area contributed by atoms with Crippen LogP contribution in [-0.2, 0) is 13.1 Å². The van der Waals surface area contributed by atoms with Gasteiger partial charge in [-0.15, -0.1) is 5.10 Å². The molecule has 0 radical (unpaired) electrons. The number of unbranched alkanes of at least 4 members (excludes halogenated alkanes) is 2. The molecule has 4 aromatic carbocycles. The van der Waals surface area contributed by atoms with E-state index in [1.807, 2.05) is 15.4 Å². The number of aromatic hydroxyl groups is 1. The maximum Gasteiger partial charge on any atom is 0.223 e. The van der Waals surface area contributed by atoms with E-state index in [0.29, 0.717) is 12.3 Å². The summed E-state index contributed by atoms with van der Waals surface area (Å²) in [5.41, 5.74) is 9.40. The number of aromatic nitrogens is 4. The Kier molecular flexibility index (Phi) is 12.0. The third-order valence-corrected chi connectivity index (χ3v) is 9.50. The summed E-state index contributed by atoms with van der Waals surface area (Å²) in [6.45, 7) is 6.78.